The summed E-state index contributed by atoms with van der Waals surface area (Å²) < 4.78 is 4.56. The Bertz CT molecular complexity index is 601. The number of carbonyl (C=O) groups is 2. The van der Waals surface area contributed by atoms with Crippen LogP contribution in [0.3, 0.4) is 0 Å². The van der Waals surface area contributed by atoms with Crippen molar-refractivity contribution in [2.24, 2.45) is 11.3 Å². The van der Waals surface area contributed by atoms with Gasteiger partial charge >= 0.3 is 5.97 Å². The predicted octanol–water partition coefficient (Wildman–Crippen LogP) is 5.29. The monoisotopic (exact) mass is 436 g/mol. The van der Waals surface area contributed by atoms with Crippen molar-refractivity contribution in [3.8, 4) is 0 Å². The van der Waals surface area contributed by atoms with Crippen LogP contribution in [0.25, 0.3) is 0 Å². The number of ether oxygens (including phenoxy) is 1. The third-order valence-electron chi connectivity index (χ3n) is 6.35. The molecule has 2 N–H and O–H groups in total. The maximum Gasteiger partial charge on any atom is 0.330 e. The Labute approximate surface area is 189 Å². The van der Waals surface area contributed by atoms with Crippen molar-refractivity contribution in [2.75, 3.05) is 7.11 Å². The second kappa shape index (κ2) is 13.8. The van der Waals surface area contributed by atoms with Crippen molar-refractivity contribution in [1.82, 2.24) is 0 Å². The lowest BCUT2D eigenvalue weighted by atomic mass is 9.84. The fourth-order valence-electron chi connectivity index (χ4n) is 4.15. The number of methoxy groups -OCH3 is 1. The summed E-state index contributed by atoms with van der Waals surface area (Å²) in [5.41, 5.74) is -1.28. The van der Waals surface area contributed by atoms with Gasteiger partial charge in [0.05, 0.1) is 18.8 Å². The Kier molecular flexibility index (Phi) is 12.3. The first-order valence-corrected chi connectivity index (χ1v) is 12.0. The van der Waals surface area contributed by atoms with Crippen LogP contribution in [0.5, 0.6) is 0 Å². The zero-order chi connectivity index (χ0) is 23.3. The van der Waals surface area contributed by atoms with Gasteiger partial charge in [0.15, 0.2) is 0 Å². The summed E-state index contributed by atoms with van der Waals surface area (Å²) in [5, 5.41) is 21.4. The Morgan fingerprint density at radius 3 is 2.32 bits per heavy atom. The van der Waals surface area contributed by atoms with Gasteiger partial charge in [-0.25, -0.2) is 4.79 Å². The van der Waals surface area contributed by atoms with E-state index in [1.807, 2.05) is 20.8 Å². The zero-order valence-electron chi connectivity index (χ0n) is 20.1. The van der Waals surface area contributed by atoms with Crippen LogP contribution in [-0.2, 0) is 14.3 Å². The van der Waals surface area contributed by atoms with E-state index in [9.17, 15) is 19.8 Å². The lowest BCUT2D eigenvalue weighted by Crippen LogP contribution is -2.42. The number of esters is 1. The van der Waals surface area contributed by atoms with E-state index >= 15 is 0 Å². The Morgan fingerprint density at radius 1 is 1.00 bits per heavy atom. The molecule has 1 rings (SSSR count). The van der Waals surface area contributed by atoms with Gasteiger partial charge < -0.3 is 14.9 Å². The number of ketones is 1. The van der Waals surface area contributed by atoms with Crippen LogP contribution < -0.4 is 0 Å². The fourth-order valence-corrected chi connectivity index (χ4v) is 4.15. The molecule has 1 saturated carbocycles. The number of Topliss-reactive ketones (excluding diaryl/α,β-unsaturated/α-hetero) is 1. The van der Waals surface area contributed by atoms with Crippen LogP contribution in [0.1, 0.15) is 97.8 Å². The largest absolute Gasteiger partial charge is 0.466 e. The molecule has 1 fully saturated rings. The third kappa shape index (κ3) is 10.1. The van der Waals surface area contributed by atoms with Crippen LogP contribution in [0.2, 0.25) is 0 Å². The average molecular weight is 437 g/mol. The maximum absolute atomic E-state index is 11.9. The number of aliphatic hydroxyl groups excluding tert-OH is 1. The van der Waals surface area contributed by atoms with E-state index < -0.39 is 11.7 Å². The molecule has 0 radical (unpaired) electrons. The number of hydrogen-bond donors (Lipinski definition) is 2. The zero-order valence-corrected chi connectivity index (χ0v) is 20.1. The van der Waals surface area contributed by atoms with Gasteiger partial charge in [-0.2, -0.15) is 0 Å². The van der Waals surface area contributed by atoms with E-state index in [0.717, 1.165) is 57.8 Å². The van der Waals surface area contributed by atoms with Crippen LogP contribution in [0.15, 0.2) is 24.3 Å². The number of hydrogen-bond acceptors (Lipinski definition) is 5. The molecule has 31 heavy (non-hydrogen) atoms. The minimum absolute atomic E-state index is 0.00230. The number of unbranched alkanes of at least 4 members (excludes halogenated alkanes) is 6. The molecule has 5 nitrogen and oxygen atoms in total. The van der Waals surface area contributed by atoms with Crippen LogP contribution in [0.4, 0.5) is 0 Å². The first kappa shape index (κ1) is 27.6. The van der Waals surface area contributed by atoms with Gasteiger partial charge in [0.25, 0.3) is 0 Å². The Morgan fingerprint density at radius 2 is 1.65 bits per heavy atom. The summed E-state index contributed by atoms with van der Waals surface area (Å²) in [6.07, 6.45) is 17.1. The van der Waals surface area contributed by atoms with Crippen molar-refractivity contribution in [3.63, 3.8) is 0 Å². The van der Waals surface area contributed by atoms with Gasteiger partial charge in [-0.3, -0.25) is 4.79 Å². The SMILES string of the molecule is COC(=O)C=CCCCCC1(O)C(O)CC[C@@H]1/C=C/CCCCCCC(=O)C(C)(C)C. The van der Waals surface area contributed by atoms with Gasteiger partial charge in [-0.1, -0.05) is 58.3 Å². The summed E-state index contributed by atoms with van der Waals surface area (Å²) in [5.74, 6) is -0.0167. The number of aliphatic hydroxyl groups is 2. The molecule has 1 aliphatic carbocycles. The van der Waals surface area contributed by atoms with Crippen LogP contribution >= 0.6 is 0 Å². The molecule has 5 heteroatoms. The lowest BCUT2D eigenvalue weighted by Gasteiger charge is -2.31. The maximum atomic E-state index is 11.9. The fraction of sp³-hybridized carbons (Fsp3) is 0.769. The van der Waals surface area contributed by atoms with Crippen molar-refractivity contribution < 1.29 is 24.5 Å². The summed E-state index contributed by atoms with van der Waals surface area (Å²) in [7, 11) is 1.35. The van der Waals surface area contributed by atoms with E-state index in [1.54, 1.807) is 6.08 Å². The standard InChI is InChI=1S/C26H44O5/c1-25(2,3)22(27)16-12-8-6-5-7-11-15-21-18-19-23(28)26(21,30)20-14-10-9-13-17-24(29)31-4/h11,13,15,17,21,23,28,30H,5-10,12,14,16,18-20H2,1-4H3/b15-11+,17-13?/t21-,23?,26?/m0/s1. The molecule has 0 heterocycles. The minimum Gasteiger partial charge on any atom is -0.466 e. The third-order valence-corrected chi connectivity index (χ3v) is 6.35. The second-order valence-electron chi connectivity index (χ2n) is 9.92. The van der Waals surface area contributed by atoms with E-state index in [0.29, 0.717) is 25.0 Å². The average Bonchev–Trinajstić information content (AvgIpc) is 2.99. The molecule has 0 amide bonds. The van der Waals surface area contributed by atoms with Gasteiger partial charge in [-0.05, 0) is 51.4 Å². The first-order chi connectivity index (χ1) is 14.6. The topological polar surface area (TPSA) is 83.8 Å². The molecule has 0 spiro atoms. The van der Waals surface area contributed by atoms with E-state index in [4.69, 9.17) is 0 Å². The summed E-state index contributed by atoms with van der Waals surface area (Å²) in [6, 6.07) is 0. The minimum atomic E-state index is -1.05. The molecular formula is C26H44O5. The second-order valence-corrected chi connectivity index (χ2v) is 9.92. The Balaban J connectivity index is 2.27. The summed E-state index contributed by atoms with van der Waals surface area (Å²) in [4.78, 5) is 23.0. The van der Waals surface area contributed by atoms with Gasteiger partial charge in [0.1, 0.15) is 5.78 Å². The molecule has 2 unspecified atom stereocenters. The molecule has 0 saturated heterocycles. The molecule has 0 aliphatic heterocycles. The molecule has 0 aromatic rings. The predicted molar refractivity (Wildman–Crippen MR) is 125 cm³/mol. The number of allylic oxidation sites excluding steroid dienone is 2. The van der Waals surface area contributed by atoms with Crippen LogP contribution in [-0.4, -0.2) is 40.8 Å². The quantitative estimate of drug-likeness (QED) is 0.167. The van der Waals surface area contributed by atoms with Crippen LogP contribution in [0, 0.1) is 11.3 Å². The molecule has 0 aromatic carbocycles. The lowest BCUT2D eigenvalue weighted by molar-refractivity contribution is -0.134. The van der Waals surface area contributed by atoms with Crippen molar-refractivity contribution in [1.29, 1.82) is 0 Å². The van der Waals surface area contributed by atoms with E-state index in [1.165, 1.54) is 13.2 Å². The molecule has 178 valence electrons. The molecular weight excluding hydrogens is 392 g/mol. The smallest absolute Gasteiger partial charge is 0.330 e. The van der Waals surface area contributed by atoms with E-state index in [-0.39, 0.29) is 17.3 Å². The van der Waals surface area contributed by atoms with Gasteiger partial charge in [0, 0.05) is 23.8 Å². The van der Waals surface area contributed by atoms with E-state index in [2.05, 4.69) is 16.9 Å². The summed E-state index contributed by atoms with van der Waals surface area (Å²) in [6.45, 7) is 5.93. The first-order valence-electron chi connectivity index (χ1n) is 12.0. The van der Waals surface area contributed by atoms with Gasteiger partial charge in [-0.15, -0.1) is 0 Å². The van der Waals surface area contributed by atoms with Gasteiger partial charge in [0.2, 0.25) is 0 Å². The molecule has 1 aliphatic rings. The highest BCUT2D eigenvalue weighted by Gasteiger charge is 2.46. The highest BCUT2D eigenvalue weighted by atomic mass is 16.5. The van der Waals surface area contributed by atoms with Crippen molar-refractivity contribution in [2.45, 2.75) is 110 Å². The number of carbonyl (C=O) groups excluding carboxylic acids is 2. The summed E-state index contributed by atoms with van der Waals surface area (Å²) >= 11 is 0. The highest BCUT2D eigenvalue weighted by Crippen LogP contribution is 2.40. The normalized spacial score (nSPS) is 24.3. The molecule has 3 atom stereocenters. The van der Waals surface area contributed by atoms with Crippen molar-refractivity contribution in [3.05, 3.63) is 24.3 Å². The molecule has 0 bridgehead atoms. The Hall–Kier alpha value is -1.46. The molecule has 0 aromatic heterocycles. The van der Waals surface area contributed by atoms with Crippen molar-refractivity contribution >= 4 is 11.8 Å². The highest BCUT2D eigenvalue weighted by molar-refractivity contribution is 5.83. The number of rotatable bonds is 14.